The summed E-state index contributed by atoms with van der Waals surface area (Å²) in [6, 6.07) is 7.70. The number of ether oxygens (including phenoxy) is 1. The number of carbonyl (C=O) groups is 3. The van der Waals surface area contributed by atoms with E-state index in [0.717, 1.165) is 40.0 Å². The lowest BCUT2D eigenvalue weighted by Gasteiger charge is -2.37. The van der Waals surface area contributed by atoms with Gasteiger partial charge in [-0.25, -0.2) is 0 Å². The van der Waals surface area contributed by atoms with Crippen molar-refractivity contribution in [2.24, 2.45) is 28.8 Å². The molecule has 2 amide bonds. The van der Waals surface area contributed by atoms with Gasteiger partial charge in [0.1, 0.15) is 6.54 Å². The summed E-state index contributed by atoms with van der Waals surface area (Å²) in [6.45, 7) is 4.09. The van der Waals surface area contributed by atoms with E-state index >= 15 is 0 Å². The number of hydrogen-bond acceptors (Lipinski definition) is 5. The summed E-state index contributed by atoms with van der Waals surface area (Å²) in [7, 11) is 0. The predicted molar refractivity (Wildman–Crippen MR) is 115 cm³/mol. The second kappa shape index (κ2) is 7.48. The van der Waals surface area contributed by atoms with Crippen LogP contribution >= 0.6 is 0 Å². The van der Waals surface area contributed by atoms with Crippen LogP contribution in [0.15, 0.2) is 41.5 Å². The van der Waals surface area contributed by atoms with Crippen molar-refractivity contribution < 1.29 is 19.1 Å². The van der Waals surface area contributed by atoms with Gasteiger partial charge in [0.05, 0.1) is 24.7 Å². The fourth-order valence-electron chi connectivity index (χ4n) is 5.45. The molecule has 160 valence electrons. The molecule has 31 heavy (non-hydrogen) atoms. The molecule has 2 fully saturated rings. The van der Waals surface area contributed by atoms with E-state index in [9.17, 15) is 14.4 Å². The average Bonchev–Trinajstić information content (AvgIpc) is 3.20. The Morgan fingerprint density at radius 1 is 1.13 bits per heavy atom. The molecular weight excluding hydrogens is 394 g/mol. The van der Waals surface area contributed by atoms with E-state index in [2.05, 4.69) is 17.3 Å². The van der Waals surface area contributed by atoms with Crippen molar-refractivity contribution in [3.05, 3.63) is 47.7 Å². The molecule has 2 heterocycles. The first-order valence-electron chi connectivity index (χ1n) is 10.8. The number of nitrogens with zero attached hydrogens (tertiary/aromatic N) is 3. The first kappa shape index (κ1) is 19.7. The van der Waals surface area contributed by atoms with E-state index in [0.29, 0.717) is 6.61 Å². The summed E-state index contributed by atoms with van der Waals surface area (Å²) in [5, 5.41) is 6.35. The van der Waals surface area contributed by atoms with E-state index in [1.54, 1.807) is 13.1 Å². The number of para-hydroxylation sites is 1. The smallest absolute Gasteiger partial charge is 0.325 e. The third kappa shape index (κ3) is 3.02. The molecular formula is C24H25N3O4. The number of benzene rings is 1. The zero-order valence-corrected chi connectivity index (χ0v) is 17.7. The molecule has 4 aliphatic rings. The summed E-state index contributed by atoms with van der Waals surface area (Å²) < 4.78 is 6.99. The third-order valence-corrected chi connectivity index (χ3v) is 6.91. The van der Waals surface area contributed by atoms with Gasteiger partial charge in [-0.15, -0.1) is 0 Å². The normalized spacial score (nSPS) is 27.0. The van der Waals surface area contributed by atoms with Crippen LogP contribution in [0.25, 0.3) is 10.9 Å². The Bertz CT molecular complexity index is 1110. The van der Waals surface area contributed by atoms with Gasteiger partial charge in [-0.05, 0) is 44.6 Å². The maximum atomic E-state index is 13.0. The van der Waals surface area contributed by atoms with Crippen molar-refractivity contribution in [2.45, 2.75) is 33.2 Å². The van der Waals surface area contributed by atoms with Crippen LogP contribution in [0, 0.1) is 30.6 Å². The van der Waals surface area contributed by atoms with Crippen LogP contribution in [0.2, 0.25) is 0 Å². The first-order valence-corrected chi connectivity index (χ1v) is 10.8. The van der Waals surface area contributed by atoms with Crippen LogP contribution in [0.3, 0.4) is 0 Å². The highest BCUT2D eigenvalue weighted by Gasteiger charge is 2.56. The second-order valence-corrected chi connectivity index (χ2v) is 8.48. The number of amides is 2. The molecule has 0 spiro atoms. The SMILES string of the molecule is CCOC(=O)Cn1c(C)c(/C=N\N2C(=O)[C@H]3[C@H](C2=O)[C@H]2C=C[C@H]3CC2)c2ccccc21. The number of esters is 1. The maximum Gasteiger partial charge on any atom is 0.325 e. The number of rotatable bonds is 5. The Kier molecular flexibility index (Phi) is 4.76. The molecule has 1 aromatic heterocycles. The summed E-state index contributed by atoms with van der Waals surface area (Å²) in [6.07, 6.45) is 7.70. The van der Waals surface area contributed by atoms with Gasteiger partial charge in [0.15, 0.2) is 0 Å². The van der Waals surface area contributed by atoms with E-state index in [1.165, 1.54) is 0 Å². The van der Waals surface area contributed by atoms with Crippen molar-refractivity contribution >= 4 is 34.9 Å². The van der Waals surface area contributed by atoms with Gasteiger partial charge in [0.2, 0.25) is 0 Å². The molecule has 0 N–H and O–H groups in total. The van der Waals surface area contributed by atoms with Crippen molar-refractivity contribution in [1.82, 2.24) is 9.58 Å². The van der Waals surface area contributed by atoms with E-state index in [4.69, 9.17) is 4.74 Å². The molecule has 0 unspecified atom stereocenters. The number of fused-ring (bicyclic) bond motifs is 2. The molecule has 1 saturated carbocycles. The minimum absolute atomic E-state index is 0.0920. The molecule has 2 aromatic rings. The van der Waals surface area contributed by atoms with E-state index in [-0.39, 0.29) is 48.0 Å². The molecule has 7 nitrogen and oxygen atoms in total. The topological polar surface area (TPSA) is 81.0 Å². The van der Waals surface area contributed by atoms with Crippen molar-refractivity contribution in [1.29, 1.82) is 0 Å². The lowest BCUT2D eigenvalue weighted by atomic mass is 9.63. The van der Waals surface area contributed by atoms with Crippen LogP contribution in [0.1, 0.15) is 31.0 Å². The highest BCUT2D eigenvalue weighted by molar-refractivity contribution is 6.07. The van der Waals surface area contributed by atoms with Crippen LogP contribution in [0.4, 0.5) is 0 Å². The van der Waals surface area contributed by atoms with Gasteiger partial charge in [-0.2, -0.15) is 10.1 Å². The zero-order valence-electron chi connectivity index (χ0n) is 17.7. The van der Waals surface area contributed by atoms with Gasteiger partial charge < -0.3 is 9.30 Å². The molecule has 3 aliphatic carbocycles. The summed E-state index contributed by atoms with van der Waals surface area (Å²) in [5.41, 5.74) is 2.50. The Morgan fingerprint density at radius 2 is 1.77 bits per heavy atom. The Labute approximate surface area is 180 Å². The number of carbonyl (C=O) groups excluding carboxylic acids is 3. The third-order valence-electron chi connectivity index (χ3n) is 6.91. The minimum Gasteiger partial charge on any atom is -0.465 e. The Balaban J connectivity index is 1.48. The maximum absolute atomic E-state index is 13.0. The first-order chi connectivity index (χ1) is 15.0. The van der Waals surface area contributed by atoms with E-state index < -0.39 is 0 Å². The van der Waals surface area contributed by atoms with Gasteiger partial charge >= 0.3 is 5.97 Å². The highest BCUT2D eigenvalue weighted by Crippen LogP contribution is 2.49. The van der Waals surface area contributed by atoms with E-state index in [1.807, 2.05) is 35.8 Å². The quantitative estimate of drug-likeness (QED) is 0.323. The Morgan fingerprint density at radius 3 is 2.39 bits per heavy atom. The van der Waals surface area contributed by atoms with Crippen LogP contribution in [-0.4, -0.2) is 40.2 Å². The molecule has 0 radical (unpaired) electrons. The fraction of sp³-hybridized carbons (Fsp3) is 0.417. The fourth-order valence-corrected chi connectivity index (χ4v) is 5.45. The molecule has 1 saturated heterocycles. The molecule has 1 aromatic carbocycles. The number of imide groups is 1. The van der Waals surface area contributed by atoms with Gasteiger partial charge in [0, 0.05) is 22.2 Å². The average molecular weight is 419 g/mol. The Hall–Kier alpha value is -3.22. The van der Waals surface area contributed by atoms with Gasteiger partial charge in [-0.3, -0.25) is 14.4 Å². The van der Waals surface area contributed by atoms with Crippen molar-refractivity contribution in [3.63, 3.8) is 0 Å². The number of hydrazone groups is 1. The molecule has 2 bridgehead atoms. The number of aromatic nitrogens is 1. The van der Waals surface area contributed by atoms with Gasteiger partial charge in [0.25, 0.3) is 11.8 Å². The summed E-state index contributed by atoms with van der Waals surface area (Å²) in [5.74, 6) is -0.984. The second-order valence-electron chi connectivity index (χ2n) is 8.48. The lowest BCUT2D eigenvalue weighted by molar-refractivity contribution is -0.144. The largest absolute Gasteiger partial charge is 0.465 e. The van der Waals surface area contributed by atoms with Crippen LogP contribution < -0.4 is 0 Å². The molecule has 1 aliphatic heterocycles. The highest BCUT2D eigenvalue weighted by atomic mass is 16.5. The monoisotopic (exact) mass is 419 g/mol. The van der Waals surface area contributed by atoms with Gasteiger partial charge in [-0.1, -0.05) is 30.4 Å². The number of hydrogen-bond donors (Lipinski definition) is 0. The zero-order chi connectivity index (χ0) is 21.7. The van der Waals surface area contributed by atoms with Crippen LogP contribution in [-0.2, 0) is 25.7 Å². The number of allylic oxidation sites excluding steroid dienone is 2. The predicted octanol–water partition coefficient (Wildman–Crippen LogP) is 3.04. The standard InChI is InChI=1S/C24H25N3O4/c1-3-31-20(28)13-26-14(2)18(17-6-4-5-7-19(17)26)12-25-27-23(29)21-15-8-9-16(11-10-15)22(21)24(27)30/h4-9,12,15-16,21-22H,3,10-11,13H2,1-2H3/b25-12-/t15-,16-,21+,22+/m0/s1. The van der Waals surface area contributed by atoms with Crippen LogP contribution in [0.5, 0.6) is 0 Å². The minimum atomic E-state index is -0.313. The summed E-state index contributed by atoms with van der Waals surface area (Å²) in [4.78, 5) is 38.1. The molecule has 4 atom stereocenters. The molecule has 6 rings (SSSR count). The summed E-state index contributed by atoms with van der Waals surface area (Å²) >= 11 is 0. The van der Waals surface area contributed by atoms with Crippen molar-refractivity contribution in [2.75, 3.05) is 6.61 Å². The lowest BCUT2D eigenvalue weighted by Crippen LogP contribution is -2.38. The molecule has 7 heteroatoms. The van der Waals surface area contributed by atoms with Crippen molar-refractivity contribution in [3.8, 4) is 0 Å².